The van der Waals surface area contributed by atoms with Crippen LogP contribution in [0.5, 0.6) is 0 Å². The van der Waals surface area contributed by atoms with Crippen LogP contribution in [0.15, 0.2) is 24.3 Å². The highest BCUT2D eigenvalue weighted by Gasteiger charge is 2.44. The fraction of sp³-hybridized carbons (Fsp3) is 0.625. The summed E-state index contributed by atoms with van der Waals surface area (Å²) in [6.07, 6.45) is 4.30. The minimum absolute atomic E-state index is 0.0446. The van der Waals surface area contributed by atoms with Crippen LogP contribution in [0.25, 0.3) is 0 Å². The zero-order valence-corrected chi connectivity index (χ0v) is 12.9. The zero-order valence-electron chi connectivity index (χ0n) is 12.1. The quantitative estimate of drug-likeness (QED) is 0.832. The molecule has 3 rings (SSSR count). The van der Waals surface area contributed by atoms with E-state index in [4.69, 9.17) is 21.1 Å². The summed E-state index contributed by atoms with van der Waals surface area (Å²) in [5, 5.41) is 0.758. The first-order chi connectivity index (χ1) is 9.58. The van der Waals surface area contributed by atoms with Crippen molar-refractivity contribution < 1.29 is 9.47 Å². The molecule has 20 heavy (non-hydrogen) atoms. The number of benzene rings is 1. The van der Waals surface area contributed by atoms with E-state index in [1.807, 2.05) is 24.3 Å². The van der Waals surface area contributed by atoms with E-state index in [9.17, 15) is 0 Å². The number of hydrogen-bond acceptors (Lipinski definition) is 3. The molecular formula is C16H22ClNO2. The second-order valence-electron chi connectivity index (χ2n) is 6.07. The SMILES string of the molecule is CN(C)C1CCC2(CC1)OCC(c1ccc(Cl)cc1)O2. The van der Waals surface area contributed by atoms with Gasteiger partial charge in [-0.25, -0.2) is 0 Å². The summed E-state index contributed by atoms with van der Waals surface area (Å²) < 4.78 is 12.3. The topological polar surface area (TPSA) is 21.7 Å². The molecule has 1 spiro atoms. The highest BCUT2D eigenvalue weighted by atomic mass is 35.5. The Morgan fingerprint density at radius 2 is 1.80 bits per heavy atom. The Morgan fingerprint density at radius 3 is 2.40 bits per heavy atom. The van der Waals surface area contributed by atoms with Gasteiger partial charge in [-0.05, 0) is 44.6 Å². The van der Waals surface area contributed by atoms with Gasteiger partial charge in [0.05, 0.1) is 6.61 Å². The normalized spacial score (nSPS) is 34.0. The maximum Gasteiger partial charge on any atom is 0.169 e. The number of nitrogens with zero attached hydrogens (tertiary/aromatic N) is 1. The van der Waals surface area contributed by atoms with Gasteiger partial charge in [-0.15, -0.1) is 0 Å². The van der Waals surface area contributed by atoms with Crippen molar-refractivity contribution in [1.82, 2.24) is 4.90 Å². The molecule has 110 valence electrons. The molecule has 0 bridgehead atoms. The molecule has 1 saturated heterocycles. The molecule has 1 aliphatic heterocycles. The van der Waals surface area contributed by atoms with Crippen LogP contribution in [0.1, 0.15) is 37.4 Å². The van der Waals surface area contributed by atoms with Crippen LogP contribution in [-0.4, -0.2) is 37.4 Å². The van der Waals surface area contributed by atoms with Crippen molar-refractivity contribution in [3.05, 3.63) is 34.9 Å². The lowest BCUT2D eigenvalue weighted by atomic mass is 9.89. The van der Waals surface area contributed by atoms with E-state index in [0.717, 1.165) is 36.3 Å². The van der Waals surface area contributed by atoms with E-state index in [2.05, 4.69) is 19.0 Å². The average Bonchev–Trinajstić information content (AvgIpc) is 2.84. The standard InChI is InChI=1S/C16H22ClNO2/c1-18(2)14-7-9-16(10-8-14)19-11-15(20-16)12-3-5-13(17)6-4-12/h3-6,14-15H,7-11H2,1-2H3. The van der Waals surface area contributed by atoms with Crippen LogP contribution in [0.2, 0.25) is 5.02 Å². The molecule has 1 aliphatic carbocycles. The fourth-order valence-corrected chi connectivity index (χ4v) is 3.34. The van der Waals surface area contributed by atoms with Gasteiger partial charge in [-0.3, -0.25) is 0 Å². The smallest absolute Gasteiger partial charge is 0.169 e. The van der Waals surface area contributed by atoms with Crippen molar-refractivity contribution in [2.45, 2.75) is 43.6 Å². The van der Waals surface area contributed by atoms with Gasteiger partial charge in [0.15, 0.2) is 5.79 Å². The minimum Gasteiger partial charge on any atom is -0.347 e. The molecule has 1 aromatic rings. The third-order valence-corrected chi connectivity index (χ3v) is 4.80. The van der Waals surface area contributed by atoms with Crippen molar-refractivity contribution in [1.29, 1.82) is 0 Å². The second-order valence-corrected chi connectivity index (χ2v) is 6.51. The van der Waals surface area contributed by atoms with Gasteiger partial charge >= 0.3 is 0 Å². The van der Waals surface area contributed by atoms with Crippen LogP contribution in [0.3, 0.4) is 0 Å². The Balaban J connectivity index is 1.64. The summed E-state index contributed by atoms with van der Waals surface area (Å²) in [5.74, 6) is -0.350. The lowest BCUT2D eigenvalue weighted by molar-refractivity contribution is -0.193. The highest BCUT2D eigenvalue weighted by molar-refractivity contribution is 6.30. The third kappa shape index (κ3) is 2.86. The molecule has 0 N–H and O–H groups in total. The van der Waals surface area contributed by atoms with Crippen LogP contribution in [0.4, 0.5) is 0 Å². The first-order valence-corrected chi connectivity index (χ1v) is 7.69. The Kier molecular flexibility index (Phi) is 4.04. The monoisotopic (exact) mass is 295 g/mol. The lowest BCUT2D eigenvalue weighted by Gasteiger charge is -2.38. The lowest BCUT2D eigenvalue weighted by Crippen LogP contribution is -2.41. The minimum atomic E-state index is -0.350. The predicted molar refractivity (Wildman–Crippen MR) is 79.9 cm³/mol. The molecule has 2 fully saturated rings. The molecule has 0 amide bonds. The summed E-state index contributed by atoms with van der Waals surface area (Å²) >= 11 is 5.93. The predicted octanol–water partition coefficient (Wildman–Crippen LogP) is 3.63. The molecule has 0 aromatic heterocycles. The van der Waals surface area contributed by atoms with E-state index in [1.165, 1.54) is 0 Å². The van der Waals surface area contributed by atoms with Crippen molar-refractivity contribution in [2.24, 2.45) is 0 Å². The maximum absolute atomic E-state index is 6.26. The first-order valence-electron chi connectivity index (χ1n) is 7.32. The molecule has 2 aliphatic rings. The summed E-state index contributed by atoms with van der Waals surface area (Å²) in [6.45, 7) is 0.647. The molecule has 3 nitrogen and oxygen atoms in total. The highest BCUT2D eigenvalue weighted by Crippen LogP contribution is 2.43. The Morgan fingerprint density at radius 1 is 1.15 bits per heavy atom. The largest absolute Gasteiger partial charge is 0.347 e. The Hall–Kier alpha value is -0.610. The number of halogens is 1. The van der Waals surface area contributed by atoms with Gasteiger partial charge < -0.3 is 14.4 Å². The van der Waals surface area contributed by atoms with Gasteiger partial charge in [0.25, 0.3) is 0 Å². The second kappa shape index (κ2) is 5.64. The summed E-state index contributed by atoms with van der Waals surface area (Å²) in [5.41, 5.74) is 1.15. The van der Waals surface area contributed by atoms with Gasteiger partial charge in [-0.2, -0.15) is 0 Å². The van der Waals surface area contributed by atoms with E-state index in [0.29, 0.717) is 12.6 Å². The number of rotatable bonds is 2. The van der Waals surface area contributed by atoms with E-state index >= 15 is 0 Å². The molecule has 1 aromatic carbocycles. The average molecular weight is 296 g/mol. The van der Waals surface area contributed by atoms with E-state index < -0.39 is 0 Å². The van der Waals surface area contributed by atoms with Gasteiger partial charge in [0, 0.05) is 23.9 Å². The van der Waals surface area contributed by atoms with Crippen LogP contribution < -0.4 is 0 Å². The van der Waals surface area contributed by atoms with E-state index in [1.54, 1.807) is 0 Å². The zero-order chi connectivity index (χ0) is 14.2. The summed E-state index contributed by atoms with van der Waals surface area (Å²) in [4.78, 5) is 2.30. The number of hydrogen-bond donors (Lipinski definition) is 0. The van der Waals surface area contributed by atoms with Crippen LogP contribution in [-0.2, 0) is 9.47 Å². The van der Waals surface area contributed by atoms with Gasteiger partial charge in [0.2, 0.25) is 0 Å². The molecular weight excluding hydrogens is 274 g/mol. The molecule has 4 heteroatoms. The fourth-order valence-electron chi connectivity index (χ4n) is 3.22. The van der Waals surface area contributed by atoms with Crippen molar-refractivity contribution in [2.75, 3.05) is 20.7 Å². The summed E-state index contributed by atoms with van der Waals surface area (Å²) in [6, 6.07) is 8.53. The molecule has 1 unspecified atom stereocenters. The van der Waals surface area contributed by atoms with Crippen LogP contribution in [0, 0.1) is 0 Å². The van der Waals surface area contributed by atoms with Crippen molar-refractivity contribution in [3.63, 3.8) is 0 Å². The maximum atomic E-state index is 6.26. The number of ether oxygens (including phenoxy) is 2. The summed E-state index contributed by atoms with van der Waals surface area (Å²) in [7, 11) is 4.30. The molecule has 1 heterocycles. The molecule has 1 atom stereocenters. The molecule has 1 saturated carbocycles. The molecule has 0 radical (unpaired) electrons. The Labute approximate surface area is 125 Å². The van der Waals surface area contributed by atoms with Gasteiger partial charge in [0.1, 0.15) is 6.10 Å². The third-order valence-electron chi connectivity index (χ3n) is 4.54. The van der Waals surface area contributed by atoms with Gasteiger partial charge in [-0.1, -0.05) is 23.7 Å². The first kappa shape index (κ1) is 14.3. The van der Waals surface area contributed by atoms with Crippen LogP contribution >= 0.6 is 11.6 Å². The van der Waals surface area contributed by atoms with Crippen molar-refractivity contribution >= 4 is 11.6 Å². The Bertz CT molecular complexity index is 452. The van der Waals surface area contributed by atoms with Crippen molar-refractivity contribution in [3.8, 4) is 0 Å². The van der Waals surface area contributed by atoms with E-state index in [-0.39, 0.29) is 11.9 Å².